The lowest BCUT2D eigenvalue weighted by molar-refractivity contribution is -0.111. The Kier molecular flexibility index (Phi) is 4.23. The van der Waals surface area contributed by atoms with Gasteiger partial charge in [0.2, 0.25) is 5.24 Å². The first-order valence-corrected chi connectivity index (χ1v) is 4.98. The first-order chi connectivity index (χ1) is 6.63. The fourth-order valence-corrected chi connectivity index (χ4v) is 1.50. The molecule has 14 heavy (non-hydrogen) atoms. The van der Waals surface area contributed by atoms with Gasteiger partial charge >= 0.3 is 0 Å². The molecule has 0 heterocycles. The first kappa shape index (κ1) is 11.3. The summed E-state index contributed by atoms with van der Waals surface area (Å²) in [5, 5.41) is 0.104. The molecule has 0 radical (unpaired) electrons. The number of ether oxygens (including phenoxy) is 1. The Bertz CT molecular complexity index is 337. The van der Waals surface area contributed by atoms with Crippen LogP contribution < -0.4 is 4.74 Å². The van der Waals surface area contributed by atoms with Crippen LogP contribution in [-0.4, -0.2) is 11.8 Å². The quantitative estimate of drug-likeness (QED) is 0.747. The Balaban J connectivity index is 2.83. The topological polar surface area (TPSA) is 26.3 Å². The van der Waals surface area contributed by atoms with Gasteiger partial charge in [-0.3, -0.25) is 4.79 Å². The van der Waals surface area contributed by atoms with Crippen molar-refractivity contribution >= 4 is 28.4 Å². The molecular weight excluding hydrogens is 223 g/mol. The summed E-state index contributed by atoms with van der Waals surface area (Å²) in [6, 6.07) is 5.20. The smallest absolute Gasteiger partial charge is 0.226 e. The molecule has 2 nitrogen and oxygen atoms in total. The standard InChI is InChI=1S/C10H10Cl2O2/c1-2-14-9-4-3-7(5-8(9)11)6-10(12)13/h3-5H,2,6H2,1H3. The third-order valence-corrected chi connectivity index (χ3v) is 2.07. The average Bonchev–Trinajstić information content (AvgIpc) is 2.09. The highest BCUT2D eigenvalue weighted by Crippen LogP contribution is 2.25. The molecule has 0 aliphatic heterocycles. The van der Waals surface area contributed by atoms with E-state index in [-0.39, 0.29) is 6.42 Å². The normalized spacial score (nSPS) is 9.93. The van der Waals surface area contributed by atoms with Crippen molar-refractivity contribution in [3.63, 3.8) is 0 Å². The Hall–Kier alpha value is -0.730. The van der Waals surface area contributed by atoms with Gasteiger partial charge in [0, 0.05) is 6.42 Å². The lowest BCUT2D eigenvalue weighted by atomic mass is 10.1. The van der Waals surface area contributed by atoms with E-state index in [9.17, 15) is 4.79 Å². The van der Waals surface area contributed by atoms with Crippen LogP contribution >= 0.6 is 23.2 Å². The summed E-state index contributed by atoms with van der Waals surface area (Å²) in [6.45, 7) is 2.44. The van der Waals surface area contributed by atoms with E-state index in [1.807, 2.05) is 6.92 Å². The molecule has 1 aromatic carbocycles. The molecular formula is C10H10Cl2O2. The van der Waals surface area contributed by atoms with E-state index in [4.69, 9.17) is 27.9 Å². The number of hydrogen-bond acceptors (Lipinski definition) is 2. The van der Waals surface area contributed by atoms with Gasteiger partial charge in [0.25, 0.3) is 0 Å². The molecule has 4 heteroatoms. The molecule has 1 aromatic rings. The molecule has 0 saturated carbocycles. The van der Waals surface area contributed by atoms with E-state index >= 15 is 0 Å². The van der Waals surface area contributed by atoms with Crippen molar-refractivity contribution in [2.75, 3.05) is 6.61 Å². The maximum atomic E-state index is 10.6. The fraction of sp³-hybridized carbons (Fsp3) is 0.300. The van der Waals surface area contributed by atoms with Crippen molar-refractivity contribution < 1.29 is 9.53 Å². The number of carbonyl (C=O) groups excluding carboxylic acids is 1. The second-order valence-electron chi connectivity index (χ2n) is 2.73. The van der Waals surface area contributed by atoms with Gasteiger partial charge in [-0.1, -0.05) is 17.7 Å². The van der Waals surface area contributed by atoms with Gasteiger partial charge in [0.1, 0.15) is 5.75 Å². The van der Waals surface area contributed by atoms with Gasteiger partial charge in [-0.05, 0) is 36.2 Å². The number of rotatable bonds is 4. The summed E-state index contributed by atoms with van der Waals surface area (Å²) in [7, 11) is 0. The van der Waals surface area contributed by atoms with E-state index in [2.05, 4.69) is 0 Å². The molecule has 0 spiro atoms. The zero-order valence-electron chi connectivity index (χ0n) is 7.72. The van der Waals surface area contributed by atoms with Crippen molar-refractivity contribution in [1.82, 2.24) is 0 Å². The minimum absolute atomic E-state index is 0.188. The molecule has 0 aliphatic rings. The van der Waals surface area contributed by atoms with Gasteiger partial charge in [0.05, 0.1) is 11.6 Å². The van der Waals surface area contributed by atoms with Gasteiger partial charge < -0.3 is 4.74 Å². The predicted octanol–water partition coefficient (Wildman–Crippen LogP) is 3.05. The van der Waals surface area contributed by atoms with Crippen molar-refractivity contribution in [3.05, 3.63) is 28.8 Å². The van der Waals surface area contributed by atoms with E-state index in [0.717, 1.165) is 5.56 Å². The van der Waals surface area contributed by atoms with Gasteiger partial charge in [0.15, 0.2) is 0 Å². The van der Waals surface area contributed by atoms with Crippen molar-refractivity contribution in [2.24, 2.45) is 0 Å². The maximum Gasteiger partial charge on any atom is 0.226 e. The summed E-state index contributed by atoms with van der Waals surface area (Å²) in [5.41, 5.74) is 0.790. The van der Waals surface area contributed by atoms with Crippen LogP contribution in [0.5, 0.6) is 5.75 Å². The van der Waals surface area contributed by atoms with Crippen LogP contribution in [0.25, 0.3) is 0 Å². The average molecular weight is 233 g/mol. The Morgan fingerprint density at radius 1 is 1.50 bits per heavy atom. The van der Waals surface area contributed by atoms with Crippen LogP contribution in [0, 0.1) is 0 Å². The Morgan fingerprint density at radius 3 is 2.71 bits per heavy atom. The summed E-state index contributed by atoms with van der Waals surface area (Å²) in [4.78, 5) is 10.6. The zero-order valence-corrected chi connectivity index (χ0v) is 9.23. The second kappa shape index (κ2) is 5.23. The fourth-order valence-electron chi connectivity index (χ4n) is 1.09. The van der Waals surface area contributed by atoms with Gasteiger partial charge in [-0.25, -0.2) is 0 Å². The molecule has 0 amide bonds. The van der Waals surface area contributed by atoms with E-state index in [1.165, 1.54) is 0 Å². The lowest BCUT2D eigenvalue weighted by Crippen LogP contribution is -1.96. The monoisotopic (exact) mass is 232 g/mol. The van der Waals surface area contributed by atoms with Crippen LogP contribution in [0.15, 0.2) is 18.2 Å². The maximum absolute atomic E-state index is 10.6. The number of carbonyl (C=O) groups is 1. The van der Waals surface area contributed by atoms with Crippen molar-refractivity contribution in [2.45, 2.75) is 13.3 Å². The van der Waals surface area contributed by atoms with E-state index < -0.39 is 5.24 Å². The molecule has 0 aromatic heterocycles. The molecule has 0 bridgehead atoms. The highest BCUT2D eigenvalue weighted by molar-refractivity contribution is 6.63. The minimum atomic E-state index is -0.398. The zero-order chi connectivity index (χ0) is 10.6. The van der Waals surface area contributed by atoms with Crippen molar-refractivity contribution in [1.29, 1.82) is 0 Å². The molecule has 0 saturated heterocycles. The van der Waals surface area contributed by atoms with Crippen LogP contribution in [0.2, 0.25) is 5.02 Å². The van der Waals surface area contributed by atoms with E-state index in [0.29, 0.717) is 17.4 Å². The Morgan fingerprint density at radius 2 is 2.21 bits per heavy atom. The summed E-state index contributed by atoms with van der Waals surface area (Å²) < 4.78 is 5.25. The summed E-state index contributed by atoms with van der Waals surface area (Å²) >= 11 is 11.2. The highest BCUT2D eigenvalue weighted by atomic mass is 35.5. The van der Waals surface area contributed by atoms with E-state index in [1.54, 1.807) is 18.2 Å². The van der Waals surface area contributed by atoms with Crippen LogP contribution in [0.1, 0.15) is 12.5 Å². The molecule has 76 valence electrons. The molecule has 0 N–H and O–H groups in total. The van der Waals surface area contributed by atoms with Gasteiger partial charge in [-0.2, -0.15) is 0 Å². The minimum Gasteiger partial charge on any atom is -0.492 e. The number of halogens is 2. The third kappa shape index (κ3) is 3.20. The molecule has 0 fully saturated rings. The van der Waals surface area contributed by atoms with Gasteiger partial charge in [-0.15, -0.1) is 0 Å². The molecule has 0 unspecified atom stereocenters. The summed E-state index contributed by atoms with van der Waals surface area (Å²) in [5.74, 6) is 0.625. The van der Waals surface area contributed by atoms with Crippen molar-refractivity contribution in [3.8, 4) is 5.75 Å². The summed E-state index contributed by atoms with van der Waals surface area (Å²) in [6.07, 6.45) is 0.188. The highest BCUT2D eigenvalue weighted by Gasteiger charge is 2.04. The largest absolute Gasteiger partial charge is 0.492 e. The third-order valence-electron chi connectivity index (χ3n) is 1.64. The van der Waals surface area contributed by atoms with Crippen LogP contribution in [0.3, 0.4) is 0 Å². The molecule has 0 atom stereocenters. The molecule has 1 rings (SSSR count). The lowest BCUT2D eigenvalue weighted by Gasteiger charge is -2.06. The SMILES string of the molecule is CCOc1ccc(CC(=O)Cl)cc1Cl. The van der Waals surface area contributed by atoms with Crippen LogP contribution in [0.4, 0.5) is 0 Å². The number of hydrogen-bond donors (Lipinski definition) is 0. The first-order valence-electron chi connectivity index (χ1n) is 4.23. The van der Waals surface area contributed by atoms with Crippen LogP contribution in [-0.2, 0) is 11.2 Å². The predicted molar refractivity (Wildman–Crippen MR) is 57.2 cm³/mol. The Labute approximate surface area is 92.8 Å². The number of benzene rings is 1. The second-order valence-corrected chi connectivity index (χ2v) is 3.56. The molecule has 0 aliphatic carbocycles.